The molecule has 3 aromatic rings. The third-order valence-electron chi connectivity index (χ3n) is 6.55. The van der Waals surface area contributed by atoms with Gasteiger partial charge >= 0.3 is 5.69 Å². The molecule has 2 atom stereocenters. The highest BCUT2D eigenvalue weighted by Crippen LogP contribution is 2.46. The lowest BCUT2D eigenvalue weighted by Crippen LogP contribution is -2.43. The number of nitrogens with two attached hydrogens (primary N) is 1. The summed E-state index contributed by atoms with van der Waals surface area (Å²) < 4.78 is 11.0. The summed E-state index contributed by atoms with van der Waals surface area (Å²) in [6.07, 6.45) is 0. The van der Waals surface area contributed by atoms with Crippen molar-refractivity contribution in [3.05, 3.63) is 85.7 Å². The van der Waals surface area contributed by atoms with Gasteiger partial charge in [0.15, 0.2) is 17.3 Å². The summed E-state index contributed by atoms with van der Waals surface area (Å²) in [5.41, 5.74) is 8.00. The number of aromatic nitrogens is 2. The number of carbonyl (C=O) groups is 1. The molecule has 7 rings (SSSR count). The second kappa shape index (κ2) is 7.18. The van der Waals surface area contributed by atoms with E-state index in [0.29, 0.717) is 39.7 Å². The monoisotopic (exact) mass is 483 g/mol. The van der Waals surface area contributed by atoms with E-state index in [9.17, 15) is 14.4 Å². The molecule has 0 saturated heterocycles. The Kier molecular flexibility index (Phi) is 4.04. The number of nitrogens with one attached hydrogen (secondary N) is 4. The van der Waals surface area contributed by atoms with Gasteiger partial charge in [-0.15, -0.1) is 0 Å². The minimum atomic E-state index is -0.953. The molecule has 0 spiro atoms. The van der Waals surface area contributed by atoms with Crippen LogP contribution in [0.3, 0.4) is 0 Å². The number of aliphatic imine (C=N–C) groups is 2. The molecule has 0 fully saturated rings. The van der Waals surface area contributed by atoms with Crippen molar-refractivity contribution in [3.63, 3.8) is 0 Å². The molecule has 1 aromatic heterocycles. The smallest absolute Gasteiger partial charge is 0.327 e. The molecule has 4 aliphatic heterocycles. The number of benzene rings is 2. The second-order valence-electron chi connectivity index (χ2n) is 8.61. The van der Waals surface area contributed by atoms with Gasteiger partial charge in [-0.25, -0.2) is 14.8 Å². The van der Waals surface area contributed by atoms with E-state index in [1.165, 1.54) is 0 Å². The first-order valence-corrected chi connectivity index (χ1v) is 11.1. The van der Waals surface area contributed by atoms with Crippen LogP contribution in [-0.2, 0) is 4.79 Å². The van der Waals surface area contributed by atoms with Crippen LogP contribution in [0.4, 0.5) is 17.2 Å². The number of anilines is 2. The molecule has 0 saturated carbocycles. The average molecular weight is 483 g/mol. The largest absolute Gasteiger partial charge is 0.454 e. The van der Waals surface area contributed by atoms with Crippen LogP contribution in [0.1, 0.15) is 17.0 Å². The summed E-state index contributed by atoms with van der Waals surface area (Å²) in [5, 5.41) is 6.24. The van der Waals surface area contributed by atoms with Crippen LogP contribution in [0, 0.1) is 5.92 Å². The summed E-state index contributed by atoms with van der Waals surface area (Å²) in [5.74, 6) is -0.715. The molecule has 0 bridgehead atoms. The van der Waals surface area contributed by atoms with Crippen molar-refractivity contribution >= 4 is 34.8 Å². The summed E-state index contributed by atoms with van der Waals surface area (Å²) in [6.45, 7) is 0.0794. The van der Waals surface area contributed by atoms with Crippen molar-refractivity contribution in [2.75, 3.05) is 17.4 Å². The van der Waals surface area contributed by atoms with Crippen molar-refractivity contribution in [2.45, 2.75) is 5.92 Å². The predicted octanol–water partition coefficient (Wildman–Crippen LogP) is 1.27. The number of fused-ring (bicyclic) bond motifs is 5. The Morgan fingerprint density at radius 2 is 1.67 bits per heavy atom. The van der Waals surface area contributed by atoms with Gasteiger partial charge in [0.05, 0.1) is 16.9 Å². The summed E-state index contributed by atoms with van der Waals surface area (Å²) >= 11 is 0. The maximum Gasteiger partial charge on any atom is 0.327 e. The number of aromatic amines is 2. The normalized spacial score (nSPS) is 21.1. The third-order valence-corrected chi connectivity index (χ3v) is 6.55. The van der Waals surface area contributed by atoms with E-state index >= 15 is 0 Å². The van der Waals surface area contributed by atoms with Gasteiger partial charge in [0.1, 0.15) is 17.6 Å². The van der Waals surface area contributed by atoms with Crippen LogP contribution in [-0.4, -0.2) is 34.3 Å². The van der Waals surface area contributed by atoms with Crippen LogP contribution < -0.4 is 37.1 Å². The molecule has 0 aliphatic carbocycles. The van der Waals surface area contributed by atoms with Gasteiger partial charge in [-0.3, -0.25) is 19.6 Å². The zero-order valence-electron chi connectivity index (χ0n) is 18.4. The van der Waals surface area contributed by atoms with Crippen molar-refractivity contribution in [2.24, 2.45) is 21.6 Å². The van der Waals surface area contributed by atoms with Crippen LogP contribution >= 0.6 is 0 Å². The van der Waals surface area contributed by atoms with E-state index in [2.05, 4.69) is 30.6 Å². The minimum Gasteiger partial charge on any atom is -0.454 e. The topological polar surface area (TPSA) is 176 Å². The number of amidine groups is 2. The Morgan fingerprint density at radius 3 is 2.50 bits per heavy atom. The zero-order valence-corrected chi connectivity index (χ0v) is 18.4. The Hall–Kier alpha value is -5.13. The number of hydrogen-bond donors (Lipinski definition) is 5. The molecule has 4 aliphatic rings. The van der Waals surface area contributed by atoms with Gasteiger partial charge in [-0.1, -0.05) is 18.2 Å². The molecule has 12 heteroatoms. The van der Waals surface area contributed by atoms with Gasteiger partial charge < -0.3 is 25.8 Å². The minimum absolute atomic E-state index is 0.0328. The van der Waals surface area contributed by atoms with E-state index in [1.807, 2.05) is 12.1 Å². The maximum absolute atomic E-state index is 13.3. The van der Waals surface area contributed by atoms with E-state index < -0.39 is 23.1 Å². The molecule has 1 amide bonds. The van der Waals surface area contributed by atoms with E-state index in [-0.39, 0.29) is 35.8 Å². The zero-order chi connectivity index (χ0) is 24.6. The Morgan fingerprint density at radius 1 is 0.889 bits per heavy atom. The number of hydrogen-bond acceptors (Lipinski definition) is 9. The molecule has 2 unspecified atom stereocenters. The molecule has 2 aromatic carbocycles. The Balaban J connectivity index is 1.55. The van der Waals surface area contributed by atoms with Crippen LogP contribution in [0.2, 0.25) is 0 Å². The van der Waals surface area contributed by atoms with Gasteiger partial charge in [-0.2, -0.15) is 0 Å². The lowest BCUT2D eigenvalue weighted by molar-refractivity contribution is -0.117. The molecule has 6 N–H and O–H groups in total. The van der Waals surface area contributed by atoms with E-state index in [0.717, 1.165) is 0 Å². The number of dihydropyridines is 1. The lowest BCUT2D eigenvalue weighted by atomic mass is 9.78. The number of H-pyrrole nitrogens is 2. The predicted molar refractivity (Wildman–Crippen MR) is 130 cm³/mol. The van der Waals surface area contributed by atoms with Crippen molar-refractivity contribution in [1.29, 1.82) is 0 Å². The number of nitrogens with zero attached hydrogens (tertiary/aromatic N) is 2. The number of para-hydroxylation sites is 2. The average Bonchev–Trinajstić information content (AvgIpc) is 3.25. The molecule has 12 nitrogen and oxygen atoms in total. The first-order chi connectivity index (χ1) is 17.5. The summed E-state index contributed by atoms with van der Waals surface area (Å²) in [4.78, 5) is 52.3. The first kappa shape index (κ1) is 20.3. The third kappa shape index (κ3) is 2.84. The summed E-state index contributed by atoms with van der Waals surface area (Å²) in [6, 6.07) is 12.5. The van der Waals surface area contributed by atoms with Gasteiger partial charge in [0, 0.05) is 17.2 Å². The molecular weight excluding hydrogens is 466 g/mol. The van der Waals surface area contributed by atoms with Crippen molar-refractivity contribution < 1.29 is 14.3 Å². The quantitative estimate of drug-likeness (QED) is 0.346. The van der Waals surface area contributed by atoms with Crippen LogP contribution in [0.15, 0.2) is 73.3 Å². The number of ether oxygens (including phenoxy) is 2. The Labute approximate surface area is 201 Å². The highest BCUT2D eigenvalue weighted by molar-refractivity contribution is 6.22. The SMILES string of the molecule is NC1=NC2=Nc3[nH]c(=O)[nH]c(=O)c3C(c3ccc4c(c3)OCO4)C2=C2Nc3ccccc3NC(=O)C12. The molecule has 36 heavy (non-hydrogen) atoms. The highest BCUT2D eigenvalue weighted by atomic mass is 16.7. The standard InChI is InChI=1S/C24H17N7O5/c25-19-17-18(26-10-3-1-2-4-11(10)27-23(17)33)15-14(9-5-6-12-13(7-9)36-8-35-12)16-21(29-20(15)28-19)30-24(34)31-22(16)32/h1-7,14,17,26H,8H2,(H,27,33)(H4,25,28,29,30,31,32,34). The van der Waals surface area contributed by atoms with Gasteiger partial charge in [0.2, 0.25) is 12.7 Å². The van der Waals surface area contributed by atoms with E-state index in [4.69, 9.17) is 15.2 Å². The van der Waals surface area contributed by atoms with Crippen molar-refractivity contribution in [1.82, 2.24) is 9.97 Å². The van der Waals surface area contributed by atoms with Crippen LogP contribution in [0.5, 0.6) is 11.5 Å². The fraction of sp³-hybridized carbons (Fsp3) is 0.125. The molecule has 5 heterocycles. The van der Waals surface area contributed by atoms with Gasteiger partial charge in [0.25, 0.3) is 5.56 Å². The number of carbonyl (C=O) groups excluding carboxylic acids is 1. The first-order valence-electron chi connectivity index (χ1n) is 11.1. The highest BCUT2D eigenvalue weighted by Gasteiger charge is 2.44. The number of rotatable bonds is 1. The Bertz CT molecular complexity index is 1710. The number of amides is 1. The summed E-state index contributed by atoms with van der Waals surface area (Å²) in [7, 11) is 0. The van der Waals surface area contributed by atoms with E-state index in [1.54, 1.807) is 30.3 Å². The fourth-order valence-electron chi connectivity index (χ4n) is 5.01. The molecular formula is C24H17N7O5. The van der Waals surface area contributed by atoms with Crippen molar-refractivity contribution in [3.8, 4) is 11.5 Å². The molecule has 178 valence electrons. The lowest BCUT2D eigenvalue weighted by Gasteiger charge is -2.33. The molecule has 0 radical (unpaired) electrons. The second-order valence-corrected chi connectivity index (χ2v) is 8.61. The fourth-order valence-corrected chi connectivity index (χ4v) is 5.01. The van der Waals surface area contributed by atoms with Gasteiger partial charge in [-0.05, 0) is 29.8 Å². The maximum atomic E-state index is 13.3. The van der Waals surface area contributed by atoms with Crippen LogP contribution in [0.25, 0.3) is 0 Å².